The summed E-state index contributed by atoms with van der Waals surface area (Å²) in [5, 5.41) is 0. The fraction of sp³-hybridized carbons (Fsp3) is 0.400. The van der Waals surface area contributed by atoms with E-state index in [4.69, 9.17) is 15.2 Å². The molecule has 2 N–H and O–H groups in total. The smallest absolute Gasteiger partial charge is 0.188 e. The summed E-state index contributed by atoms with van der Waals surface area (Å²) in [5.74, 6) is 0.0855. The lowest BCUT2D eigenvalue weighted by atomic mass is 10.1. The number of nitrogens with two attached hydrogens (primary N) is 1. The quantitative estimate of drug-likeness (QED) is 0.752. The summed E-state index contributed by atoms with van der Waals surface area (Å²) in [7, 11) is 1.51. The Hall–Kier alpha value is -1.13. The Labute approximate surface area is 82.6 Å². The maximum atomic E-state index is 13.3. The van der Waals surface area contributed by atoms with E-state index in [-0.39, 0.29) is 18.7 Å². The zero-order chi connectivity index (χ0) is 10.6. The molecule has 4 heteroatoms. The highest BCUT2D eigenvalue weighted by atomic mass is 19.1. The molecule has 0 saturated carbocycles. The molecule has 1 rings (SSSR count). The zero-order valence-corrected chi connectivity index (χ0v) is 8.29. The minimum Gasteiger partial charge on any atom is -0.467 e. The first-order valence-corrected chi connectivity index (χ1v) is 4.32. The molecule has 0 spiro atoms. The molecule has 0 aliphatic carbocycles. The van der Waals surface area contributed by atoms with Gasteiger partial charge in [-0.2, -0.15) is 0 Å². The van der Waals surface area contributed by atoms with Gasteiger partial charge in [-0.1, -0.05) is 6.07 Å². The van der Waals surface area contributed by atoms with E-state index >= 15 is 0 Å². The average Bonchev–Trinajstić information content (AvgIpc) is 2.14. The third-order valence-corrected chi connectivity index (χ3v) is 1.81. The lowest BCUT2D eigenvalue weighted by molar-refractivity contribution is 0.0509. The van der Waals surface area contributed by atoms with E-state index in [0.29, 0.717) is 11.3 Å². The summed E-state index contributed by atoms with van der Waals surface area (Å²) in [6.45, 7) is 1.84. The summed E-state index contributed by atoms with van der Waals surface area (Å²) in [5.41, 5.74) is 6.04. The van der Waals surface area contributed by atoms with Crippen LogP contribution in [0.2, 0.25) is 0 Å². The largest absolute Gasteiger partial charge is 0.467 e. The summed E-state index contributed by atoms with van der Waals surface area (Å²) in [4.78, 5) is 0. The van der Waals surface area contributed by atoms with Gasteiger partial charge < -0.3 is 15.2 Å². The van der Waals surface area contributed by atoms with Crippen molar-refractivity contribution < 1.29 is 13.9 Å². The van der Waals surface area contributed by atoms with Gasteiger partial charge in [0.15, 0.2) is 6.79 Å². The first-order valence-electron chi connectivity index (χ1n) is 4.32. The highest BCUT2D eigenvalue weighted by molar-refractivity contribution is 5.30. The molecule has 0 fully saturated rings. The average molecular weight is 199 g/mol. The van der Waals surface area contributed by atoms with Crippen molar-refractivity contribution in [3.63, 3.8) is 0 Å². The van der Waals surface area contributed by atoms with Crippen LogP contribution in [0.1, 0.15) is 18.5 Å². The standard InChI is InChI=1S/C10H14FNO2/c1-7(12)9-4-3-8(5-10(9)11)14-6-13-2/h3-5,7H,6,12H2,1-2H3/t7-/m1/s1. The van der Waals surface area contributed by atoms with Crippen LogP contribution in [0.4, 0.5) is 4.39 Å². The number of methoxy groups -OCH3 is 1. The van der Waals surface area contributed by atoms with Gasteiger partial charge in [0.1, 0.15) is 11.6 Å². The normalized spacial score (nSPS) is 12.6. The highest BCUT2D eigenvalue weighted by Crippen LogP contribution is 2.20. The number of hydrogen-bond acceptors (Lipinski definition) is 3. The minimum absolute atomic E-state index is 0.108. The van der Waals surface area contributed by atoms with Crippen LogP contribution in [0.25, 0.3) is 0 Å². The summed E-state index contributed by atoms with van der Waals surface area (Å²) < 4.78 is 23.1. The maximum Gasteiger partial charge on any atom is 0.188 e. The topological polar surface area (TPSA) is 44.5 Å². The molecule has 3 nitrogen and oxygen atoms in total. The van der Waals surface area contributed by atoms with Gasteiger partial charge in [0.25, 0.3) is 0 Å². The molecule has 1 aromatic carbocycles. The van der Waals surface area contributed by atoms with Crippen LogP contribution >= 0.6 is 0 Å². The van der Waals surface area contributed by atoms with Crippen molar-refractivity contribution in [2.75, 3.05) is 13.9 Å². The third-order valence-electron chi connectivity index (χ3n) is 1.81. The number of ether oxygens (including phenoxy) is 2. The Bertz CT molecular complexity index is 302. The van der Waals surface area contributed by atoms with E-state index in [9.17, 15) is 4.39 Å². The Morgan fingerprint density at radius 2 is 2.21 bits per heavy atom. The first kappa shape index (κ1) is 10.9. The maximum absolute atomic E-state index is 13.3. The number of hydrogen-bond donors (Lipinski definition) is 1. The number of halogens is 1. The molecule has 0 saturated heterocycles. The van der Waals surface area contributed by atoms with Crippen molar-refractivity contribution in [2.24, 2.45) is 5.73 Å². The second kappa shape index (κ2) is 4.93. The lowest BCUT2D eigenvalue weighted by Gasteiger charge is -2.09. The van der Waals surface area contributed by atoms with E-state index in [1.807, 2.05) is 0 Å². The van der Waals surface area contributed by atoms with Gasteiger partial charge in [0.05, 0.1) is 0 Å². The van der Waals surface area contributed by atoms with Crippen molar-refractivity contribution in [2.45, 2.75) is 13.0 Å². The number of rotatable bonds is 4. The fourth-order valence-electron chi connectivity index (χ4n) is 1.09. The van der Waals surface area contributed by atoms with Crippen molar-refractivity contribution in [1.82, 2.24) is 0 Å². The van der Waals surface area contributed by atoms with Crippen molar-refractivity contribution in [1.29, 1.82) is 0 Å². The SMILES string of the molecule is COCOc1ccc([C@@H](C)N)c(F)c1. The third kappa shape index (κ3) is 2.68. The molecule has 0 unspecified atom stereocenters. The van der Waals surface area contributed by atoms with E-state index in [1.165, 1.54) is 13.2 Å². The number of benzene rings is 1. The molecule has 1 atom stereocenters. The van der Waals surface area contributed by atoms with Crippen LogP contribution in [0.5, 0.6) is 5.75 Å². The lowest BCUT2D eigenvalue weighted by Crippen LogP contribution is -2.07. The molecule has 0 radical (unpaired) electrons. The van der Waals surface area contributed by atoms with Crippen LogP contribution in [0.15, 0.2) is 18.2 Å². The summed E-state index contributed by atoms with van der Waals surface area (Å²) >= 11 is 0. The Morgan fingerprint density at radius 1 is 1.50 bits per heavy atom. The minimum atomic E-state index is -0.353. The predicted molar refractivity (Wildman–Crippen MR) is 51.5 cm³/mol. The summed E-state index contributed by atoms with van der Waals surface area (Å²) in [6, 6.07) is 4.27. The van der Waals surface area contributed by atoms with Gasteiger partial charge in [-0.05, 0) is 13.0 Å². The molecule has 0 aliphatic rings. The molecule has 0 aromatic heterocycles. The molecule has 0 bridgehead atoms. The van der Waals surface area contributed by atoms with Gasteiger partial charge in [0, 0.05) is 24.8 Å². The van der Waals surface area contributed by atoms with Crippen LogP contribution < -0.4 is 10.5 Å². The molecule has 0 heterocycles. The second-order valence-electron chi connectivity index (χ2n) is 3.02. The van der Waals surface area contributed by atoms with Crippen molar-refractivity contribution in [3.8, 4) is 5.75 Å². The molecular formula is C10H14FNO2. The molecule has 14 heavy (non-hydrogen) atoms. The fourth-order valence-corrected chi connectivity index (χ4v) is 1.09. The van der Waals surface area contributed by atoms with Crippen LogP contribution in [0.3, 0.4) is 0 Å². The van der Waals surface area contributed by atoms with Crippen molar-refractivity contribution >= 4 is 0 Å². The monoisotopic (exact) mass is 199 g/mol. The molecule has 0 aliphatic heterocycles. The Kier molecular flexibility index (Phi) is 3.85. The van der Waals surface area contributed by atoms with E-state index in [1.54, 1.807) is 19.1 Å². The van der Waals surface area contributed by atoms with Gasteiger partial charge in [-0.15, -0.1) is 0 Å². The van der Waals surface area contributed by atoms with Gasteiger partial charge >= 0.3 is 0 Å². The van der Waals surface area contributed by atoms with Gasteiger partial charge in [-0.3, -0.25) is 0 Å². The Balaban J connectivity index is 2.78. The van der Waals surface area contributed by atoms with Crippen LogP contribution in [-0.4, -0.2) is 13.9 Å². The van der Waals surface area contributed by atoms with Crippen LogP contribution in [0, 0.1) is 5.82 Å². The molecular weight excluding hydrogens is 185 g/mol. The summed E-state index contributed by atoms with van der Waals surface area (Å²) in [6.07, 6.45) is 0. The second-order valence-corrected chi connectivity index (χ2v) is 3.02. The zero-order valence-electron chi connectivity index (χ0n) is 8.29. The van der Waals surface area contributed by atoms with Crippen molar-refractivity contribution in [3.05, 3.63) is 29.6 Å². The van der Waals surface area contributed by atoms with E-state index in [0.717, 1.165) is 0 Å². The van der Waals surface area contributed by atoms with Crippen LogP contribution in [-0.2, 0) is 4.74 Å². The highest BCUT2D eigenvalue weighted by Gasteiger charge is 2.07. The Morgan fingerprint density at radius 3 is 2.71 bits per heavy atom. The van der Waals surface area contributed by atoms with E-state index < -0.39 is 0 Å². The van der Waals surface area contributed by atoms with Gasteiger partial charge in [0.2, 0.25) is 0 Å². The first-order chi connectivity index (χ1) is 6.65. The predicted octanol–water partition coefficient (Wildman–Crippen LogP) is 1.83. The molecule has 78 valence electrons. The van der Waals surface area contributed by atoms with Gasteiger partial charge in [-0.25, -0.2) is 4.39 Å². The van der Waals surface area contributed by atoms with E-state index in [2.05, 4.69) is 0 Å². The molecule has 1 aromatic rings. The molecule has 0 amide bonds.